The zero-order chi connectivity index (χ0) is 12.8. The summed E-state index contributed by atoms with van der Waals surface area (Å²) >= 11 is 6.22. The molecule has 18 heavy (non-hydrogen) atoms. The number of aromatic nitrogens is 2. The first-order valence-electron chi connectivity index (χ1n) is 6.06. The Bertz CT molecular complexity index is 487. The van der Waals surface area contributed by atoms with E-state index in [0.29, 0.717) is 5.02 Å². The van der Waals surface area contributed by atoms with Crippen LogP contribution in [0.25, 0.3) is 0 Å². The van der Waals surface area contributed by atoms with Crippen LogP contribution in [-0.2, 0) is 0 Å². The van der Waals surface area contributed by atoms with Gasteiger partial charge in [-0.3, -0.25) is 9.97 Å². The Labute approximate surface area is 112 Å². The average molecular weight is 262 g/mol. The van der Waals surface area contributed by atoms with E-state index in [1.165, 1.54) is 0 Å². The second-order valence-corrected chi connectivity index (χ2v) is 4.45. The van der Waals surface area contributed by atoms with Crippen molar-refractivity contribution in [1.82, 2.24) is 15.3 Å². The first-order valence-corrected chi connectivity index (χ1v) is 6.44. The van der Waals surface area contributed by atoms with Crippen LogP contribution < -0.4 is 5.32 Å². The van der Waals surface area contributed by atoms with Gasteiger partial charge in [-0.05, 0) is 36.7 Å². The molecule has 0 aliphatic rings. The fourth-order valence-electron chi connectivity index (χ4n) is 1.82. The standard InChI is InChI=1S/C14H16ClN3/c1-2-7-17-13(11-5-3-8-16-10-11)14-12(15)6-4-9-18-14/h3-6,8-10,13,17H,2,7H2,1H3. The van der Waals surface area contributed by atoms with Gasteiger partial charge in [0.2, 0.25) is 0 Å². The third-order valence-electron chi connectivity index (χ3n) is 2.68. The molecule has 0 aliphatic heterocycles. The number of hydrogen-bond acceptors (Lipinski definition) is 3. The van der Waals surface area contributed by atoms with Gasteiger partial charge in [0.05, 0.1) is 16.8 Å². The predicted molar refractivity (Wildman–Crippen MR) is 73.6 cm³/mol. The van der Waals surface area contributed by atoms with Gasteiger partial charge in [0.25, 0.3) is 0 Å². The van der Waals surface area contributed by atoms with Crippen molar-refractivity contribution in [3.8, 4) is 0 Å². The van der Waals surface area contributed by atoms with Crippen LogP contribution in [0.3, 0.4) is 0 Å². The molecule has 3 nitrogen and oxygen atoms in total. The predicted octanol–water partition coefficient (Wildman–Crippen LogP) is 3.22. The van der Waals surface area contributed by atoms with Gasteiger partial charge in [0, 0.05) is 18.6 Å². The van der Waals surface area contributed by atoms with E-state index in [0.717, 1.165) is 24.2 Å². The smallest absolute Gasteiger partial charge is 0.0804 e. The molecule has 1 unspecified atom stereocenters. The molecule has 1 N–H and O–H groups in total. The summed E-state index contributed by atoms with van der Waals surface area (Å²) in [6.07, 6.45) is 6.43. The zero-order valence-corrected chi connectivity index (χ0v) is 11.1. The second kappa shape index (κ2) is 6.47. The van der Waals surface area contributed by atoms with E-state index in [4.69, 9.17) is 11.6 Å². The van der Waals surface area contributed by atoms with Gasteiger partial charge < -0.3 is 5.32 Å². The van der Waals surface area contributed by atoms with Crippen LogP contribution in [0.4, 0.5) is 0 Å². The summed E-state index contributed by atoms with van der Waals surface area (Å²) in [5.41, 5.74) is 1.92. The maximum Gasteiger partial charge on any atom is 0.0804 e. The molecule has 0 amide bonds. The SMILES string of the molecule is CCCNC(c1cccnc1)c1ncccc1Cl. The molecule has 0 saturated carbocycles. The van der Waals surface area contributed by atoms with Crippen molar-refractivity contribution in [2.45, 2.75) is 19.4 Å². The van der Waals surface area contributed by atoms with Crippen molar-refractivity contribution >= 4 is 11.6 Å². The zero-order valence-electron chi connectivity index (χ0n) is 10.3. The van der Waals surface area contributed by atoms with Crippen LogP contribution in [0.15, 0.2) is 42.9 Å². The molecule has 1 atom stereocenters. The highest BCUT2D eigenvalue weighted by atomic mass is 35.5. The van der Waals surface area contributed by atoms with Crippen molar-refractivity contribution in [3.63, 3.8) is 0 Å². The highest BCUT2D eigenvalue weighted by Crippen LogP contribution is 2.25. The van der Waals surface area contributed by atoms with Gasteiger partial charge in [0.15, 0.2) is 0 Å². The van der Waals surface area contributed by atoms with Gasteiger partial charge in [-0.15, -0.1) is 0 Å². The molecule has 0 radical (unpaired) electrons. The average Bonchev–Trinajstić information content (AvgIpc) is 2.42. The number of nitrogens with one attached hydrogen (secondary N) is 1. The number of hydrogen-bond donors (Lipinski definition) is 1. The first kappa shape index (κ1) is 13.0. The van der Waals surface area contributed by atoms with Gasteiger partial charge in [-0.1, -0.05) is 24.6 Å². The summed E-state index contributed by atoms with van der Waals surface area (Å²) in [6.45, 7) is 3.04. The van der Waals surface area contributed by atoms with Crippen LogP contribution in [0, 0.1) is 0 Å². The molecule has 2 aromatic rings. The summed E-state index contributed by atoms with van der Waals surface area (Å²) in [6, 6.07) is 7.65. The monoisotopic (exact) mass is 261 g/mol. The Balaban J connectivity index is 2.34. The van der Waals surface area contributed by atoms with Gasteiger partial charge in [0.1, 0.15) is 0 Å². The van der Waals surface area contributed by atoms with Gasteiger partial charge >= 0.3 is 0 Å². The Morgan fingerprint density at radius 1 is 1.28 bits per heavy atom. The van der Waals surface area contributed by atoms with Gasteiger partial charge in [-0.2, -0.15) is 0 Å². The summed E-state index contributed by atoms with van der Waals surface area (Å²) in [4.78, 5) is 8.54. The normalized spacial score (nSPS) is 12.3. The first-order chi connectivity index (χ1) is 8.83. The minimum absolute atomic E-state index is 0.00708. The third-order valence-corrected chi connectivity index (χ3v) is 3.00. The van der Waals surface area contributed by atoms with Crippen molar-refractivity contribution in [2.75, 3.05) is 6.54 Å². The molecule has 94 valence electrons. The Kier molecular flexibility index (Phi) is 4.67. The lowest BCUT2D eigenvalue weighted by molar-refractivity contribution is 0.585. The fourth-order valence-corrected chi connectivity index (χ4v) is 2.05. The number of nitrogens with zero attached hydrogens (tertiary/aromatic N) is 2. The third kappa shape index (κ3) is 3.06. The molecule has 0 aromatic carbocycles. The minimum Gasteiger partial charge on any atom is -0.305 e. The molecular weight excluding hydrogens is 246 g/mol. The molecule has 0 fully saturated rings. The van der Waals surface area contributed by atoms with E-state index in [1.54, 1.807) is 12.4 Å². The Morgan fingerprint density at radius 2 is 2.11 bits per heavy atom. The van der Waals surface area contributed by atoms with Crippen molar-refractivity contribution in [2.24, 2.45) is 0 Å². The second-order valence-electron chi connectivity index (χ2n) is 4.04. The number of pyridine rings is 2. The lowest BCUT2D eigenvalue weighted by atomic mass is 10.0. The molecule has 0 spiro atoms. The Morgan fingerprint density at radius 3 is 2.78 bits per heavy atom. The molecule has 0 aliphatic carbocycles. The number of halogens is 1. The van der Waals surface area contributed by atoms with Crippen LogP contribution >= 0.6 is 11.6 Å². The van der Waals surface area contributed by atoms with E-state index in [1.807, 2.05) is 30.5 Å². The maximum absolute atomic E-state index is 6.22. The van der Waals surface area contributed by atoms with Crippen LogP contribution in [0.2, 0.25) is 5.02 Å². The van der Waals surface area contributed by atoms with E-state index in [-0.39, 0.29) is 6.04 Å². The summed E-state index contributed by atoms with van der Waals surface area (Å²) < 4.78 is 0. The van der Waals surface area contributed by atoms with E-state index in [9.17, 15) is 0 Å². The van der Waals surface area contributed by atoms with Crippen molar-refractivity contribution < 1.29 is 0 Å². The fraction of sp³-hybridized carbons (Fsp3) is 0.286. The van der Waals surface area contributed by atoms with Crippen LogP contribution in [0.1, 0.15) is 30.6 Å². The quantitative estimate of drug-likeness (QED) is 0.898. The topological polar surface area (TPSA) is 37.8 Å². The lowest BCUT2D eigenvalue weighted by Gasteiger charge is -2.19. The molecule has 2 aromatic heterocycles. The van der Waals surface area contributed by atoms with Gasteiger partial charge in [-0.25, -0.2) is 0 Å². The van der Waals surface area contributed by atoms with Crippen molar-refractivity contribution in [1.29, 1.82) is 0 Å². The molecule has 0 saturated heterocycles. The van der Waals surface area contributed by atoms with Crippen molar-refractivity contribution in [3.05, 3.63) is 59.1 Å². The molecule has 0 bridgehead atoms. The largest absolute Gasteiger partial charge is 0.305 e. The Hall–Kier alpha value is -1.45. The summed E-state index contributed by atoms with van der Waals surface area (Å²) in [7, 11) is 0. The molecule has 2 rings (SSSR count). The molecule has 4 heteroatoms. The molecule has 2 heterocycles. The van der Waals surface area contributed by atoms with E-state index < -0.39 is 0 Å². The minimum atomic E-state index is -0.00708. The van der Waals surface area contributed by atoms with E-state index in [2.05, 4.69) is 22.2 Å². The lowest BCUT2D eigenvalue weighted by Crippen LogP contribution is -2.24. The van der Waals surface area contributed by atoms with Crippen LogP contribution in [0.5, 0.6) is 0 Å². The van der Waals surface area contributed by atoms with Crippen LogP contribution in [-0.4, -0.2) is 16.5 Å². The summed E-state index contributed by atoms with van der Waals surface area (Å²) in [5, 5.41) is 4.13. The summed E-state index contributed by atoms with van der Waals surface area (Å²) in [5.74, 6) is 0. The highest BCUT2D eigenvalue weighted by Gasteiger charge is 2.17. The molecular formula is C14H16ClN3. The highest BCUT2D eigenvalue weighted by molar-refractivity contribution is 6.31. The number of rotatable bonds is 5. The van der Waals surface area contributed by atoms with E-state index >= 15 is 0 Å². The maximum atomic E-state index is 6.22.